The van der Waals surface area contributed by atoms with Gasteiger partial charge in [0.2, 0.25) is 6.35 Å². The first-order chi connectivity index (χ1) is 17.1. The van der Waals surface area contributed by atoms with Gasteiger partial charge in [0.25, 0.3) is 0 Å². The summed E-state index contributed by atoms with van der Waals surface area (Å²) in [6.45, 7) is 1.40. The molecule has 0 saturated carbocycles. The third-order valence-electron chi connectivity index (χ3n) is 4.95. The molecule has 1 atom stereocenters. The Bertz CT molecular complexity index is 1030. The molecule has 1 aromatic heterocycles. The van der Waals surface area contributed by atoms with Gasteiger partial charge in [-0.2, -0.15) is 10.1 Å². The third-order valence-corrected chi connectivity index (χ3v) is 4.95. The Balaban J connectivity index is 1.27. The minimum atomic E-state index is -0.825. The van der Waals surface area contributed by atoms with Gasteiger partial charge in [-0.05, 0) is 24.0 Å². The predicted molar refractivity (Wildman–Crippen MR) is 128 cm³/mol. The number of nitrogens with one attached hydrogen (secondary N) is 1. The van der Waals surface area contributed by atoms with Crippen LogP contribution < -0.4 is 15.8 Å². The molecule has 0 saturated heterocycles. The van der Waals surface area contributed by atoms with Gasteiger partial charge in [0, 0.05) is 25.9 Å². The van der Waals surface area contributed by atoms with Gasteiger partial charge in [0.05, 0.1) is 0 Å². The average Bonchev–Trinajstić information content (AvgIpc) is 3.32. The molecule has 186 valence electrons. The Morgan fingerprint density at radius 3 is 2.06 bits per heavy atom. The van der Waals surface area contributed by atoms with E-state index in [1.54, 1.807) is 0 Å². The first-order valence-electron chi connectivity index (χ1n) is 11.5. The number of ether oxygens (including phenoxy) is 3. The highest BCUT2D eigenvalue weighted by atomic mass is 16.5. The van der Waals surface area contributed by atoms with Crippen LogP contribution >= 0.6 is 0 Å². The second kappa shape index (κ2) is 14.5. The molecular formula is C25H31N5O5. The molecule has 0 amide bonds. The highest BCUT2D eigenvalue weighted by Gasteiger charge is 2.12. The maximum atomic E-state index is 12.0. The van der Waals surface area contributed by atoms with E-state index in [9.17, 15) is 9.59 Å². The summed E-state index contributed by atoms with van der Waals surface area (Å²) in [5.41, 5.74) is 7.84. The van der Waals surface area contributed by atoms with E-state index in [2.05, 4.69) is 15.4 Å². The minimum absolute atomic E-state index is 0.241. The number of esters is 2. The Morgan fingerprint density at radius 1 is 0.886 bits per heavy atom. The van der Waals surface area contributed by atoms with Crippen LogP contribution in [0.5, 0.6) is 6.01 Å². The number of hydrogen-bond donors (Lipinski definition) is 2. The van der Waals surface area contributed by atoms with Crippen molar-refractivity contribution in [2.75, 3.05) is 6.54 Å². The van der Waals surface area contributed by atoms with Crippen molar-refractivity contribution < 1.29 is 23.8 Å². The number of hydrogen-bond acceptors (Lipinski definition) is 9. The van der Waals surface area contributed by atoms with Crippen LogP contribution in [0.25, 0.3) is 0 Å². The summed E-state index contributed by atoms with van der Waals surface area (Å²) in [5, 5.41) is 7.09. The zero-order chi connectivity index (χ0) is 24.7. The van der Waals surface area contributed by atoms with Crippen molar-refractivity contribution in [1.82, 2.24) is 20.1 Å². The number of carbonyl (C=O) groups is 2. The van der Waals surface area contributed by atoms with Crippen LogP contribution in [0.4, 0.5) is 0 Å². The normalized spacial score (nSPS) is 11.6. The average molecular weight is 482 g/mol. The highest BCUT2D eigenvalue weighted by Crippen LogP contribution is 2.09. The summed E-state index contributed by atoms with van der Waals surface area (Å²) in [6, 6.07) is 19.3. The lowest BCUT2D eigenvalue weighted by Gasteiger charge is -2.15. The molecule has 0 aliphatic rings. The van der Waals surface area contributed by atoms with Crippen LogP contribution in [0.15, 0.2) is 67.0 Å². The molecule has 1 unspecified atom stereocenters. The number of benzene rings is 2. The largest absolute Gasteiger partial charge is 0.461 e. The van der Waals surface area contributed by atoms with Crippen LogP contribution in [0.1, 0.15) is 36.8 Å². The van der Waals surface area contributed by atoms with Crippen LogP contribution in [0, 0.1) is 0 Å². The van der Waals surface area contributed by atoms with E-state index in [4.69, 9.17) is 19.9 Å². The smallest absolute Gasteiger partial charge is 0.317 e. The highest BCUT2D eigenvalue weighted by molar-refractivity contribution is 5.69. The molecule has 0 aliphatic carbocycles. The molecule has 0 spiro atoms. The summed E-state index contributed by atoms with van der Waals surface area (Å²) in [5.74, 6) is -0.552. The summed E-state index contributed by atoms with van der Waals surface area (Å²) >= 11 is 0. The van der Waals surface area contributed by atoms with Crippen LogP contribution in [0.2, 0.25) is 0 Å². The Morgan fingerprint density at radius 2 is 1.46 bits per heavy atom. The molecule has 0 aliphatic heterocycles. The van der Waals surface area contributed by atoms with Gasteiger partial charge in [-0.25, -0.2) is 4.68 Å². The zero-order valence-electron chi connectivity index (χ0n) is 19.5. The number of rotatable bonds is 15. The minimum Gasteiger partial charge on any atom is -0.461 e. The van der Waals surface area contributed by atoms with Gasteiger partial charge in [-0.1, -0.05) is 60.7 Å². The molecule has 0 fully saturated rings. The van der Waals surface area contributed by atoms with Gasteiger partial charge < -0.3 is 14.2 Å². The summed E-state index contributed by atoms with van der Waals surface area (Å²) < 4.78 is 17.6. The van der Waals surface area contributed by atoms with E-state index in [1.165, 1.54) is 11.0 Å². The van der Waals surface area contributed by atoms with Gasteiger partial charge in [-0.3, -0.25) is 20.6 Å². The van der Waals surface area contributed by atoms with Crippen LogP contribution in [-0.2, 0) is 38.8 Å². The summed E-state index contributed by atoms with van der Waals surface area (Å²) in [6.07, 6.45) is 2.11. The standard InChI is InChI=1S/C25H31N5O5/c26-24(27-15-7-13-22(31)33-17-20-9-3-1-4-10-20)35-25-28-19-29-30(25)16-8-14-23(32)34-18-21-11-5-2-6-12-21/h1-6,9-12,19,24,27H,7-8,13-18,26H2. The number of aryl methyl sites for hydroxylation is 1. The lowest BCUT2D eigenvalue weighted by molar-refractivity contribution is -0.146. The number of carbonyl (C=O) groups excluding carboxylic acids is 2. The van der Waals surface area contributed by atoms with E-state index in [-0.39, 0.29) is 44.0 Å². The molecular weight excluding hydrogens is 450 g/mol. The maximum Gasteiger partial charge on any atom is 0.317 e. The molecule has 1 heterocycles. The van der Waals surface area contributed by atoms with Gasteiger partial charge in [0.15, 0.2) is 0 Å². The lowest BCUT2D eigenvalue weighted by atomic mass is 10.2. The lowest BCUT2D eigenvalue weighted by Crippen LogP contribution is -2.43. The van der Waals surface area contributed by atoms with Crippen molar-refractivity contribution in [1.29, 1.82) is 0 Å². The third kappa shape index (κ3) is 9.95. The predicted octanol–water partition coefficient (Wildman–Crippen LogP) is 2.54. The van der Waals surface area contributed by atoms with E-state index in [1.807, 2.05) is 60.7 Å². The Hall–Kier alpha value is -3.76. The first kappa shape index (κ1) is 25.9. The number of aromatic nitrogens is 3. The molecule has 0 bridgehead atoms. The van der Waals surface area contributed by atoms with Gasteiger partial charge in [0.1, 0.15) is 19.5 Å². The SMILES string of the molecule is NC(NCCCC(=O)OCc1ccccc1)Oc1ncnn1CCCC(=O)OCc1ccccc1. The van der Waals surface area contributed by atoms with Crippen LogP contribution in [0.3, 0.4) is 0 Å². The van der Waals surface area contributed by atoms with E-state index in [0.29, 0.717) is 25.9 Å². The molecule has 3 rings (SSSR count). The maximum absolute atomic E-state index is 12.0. The van der Waals surface area contributed by atoms with Gasteiger partial charge >= 0.3 is 17.9 Å². The van der Waals surface area contributed by atoms with Crippen molar-refractivity contribution in [3.05, 3.63) is 78.1 Å². The van der Waals surface area contributed by atoms with Crippen molar-refractivity contribution in [3.63, 3.8) is 0 Å². The zero-order valence-corrected chi connectivity index (χ0v) is 19.5. The molecule has 3 N–H and O–H groups in total. The molecule has 10 heteroatoms. The molecule has 3 aromatic rings. The molecule has 10 nitrogen and oxygen atoms in total. The van der Waals surface area contributed by atoms with Crippen molar-refractivity contribution in [3.8, 4) is 6.01 Å². The molecule has 35 heavy (non-hydrogen) atoms. The first-order valence-corrected chi connectivity index (χ1v) is 11.5. The van der Waals surface area contributed by atoms with Crippen molar-refractivity contribution >= 4 is 11.9 Å². The van der Waals surface area contributed by atoms with Crippen LogP contribution in [-0.4, -0.2) is 39.6 Å². The van der Waals surface area contributed by atoms with E-state index < -0.39 is 6.35 Å². The van der Waals surface area contributed by atoms with Crippen molar-refractivity contribution in [2.24, 2.45) is 5.73 Å². The summed E-state index contributed by atoms with van der Waals surface area (Å²) in [7, 11) is 0. The van der Waals surface area contributed by atoms with Crippen molar-refractivity contribution in [2.45, 2.75) is 51.8 Å². The fourth-order valence-corrected chi connectivity index (χ4v) is 3.12. The summed E-state index contributed by atoms with van der Waals surface area (Å²) in [4.78, 5) is 27.9. The van der Waals surface area contributed by atoms with E-state index in [0.717, 1.165) is 11.1 Å². The number of nitrogens with two attached hydrogens (primary N) is 1. The van der Waals surface area contributed by atoms with E-state index >= 15 is 0 Å². The monoisotopic (exact) mass is 481 g/mol. The quantitative estimate of drug-likeness (QED) is 0.191. The Kier molecular flexibility index (Phi) is 10.7. The van der Waals surface area contributed by atoms with Gasteiger partial charge in [-0.15, -0.1) is 0 Å². The topological polar surface area (TPSA) is 131 Å². The fourth-order valence-electron chi connectivity index (χ4n) is 3.12. The molecule has 2 aromatic carbocycles. The molecule has 0 radical (unpaired) electrons. The Labute approximate surface area is 204 Å². The number of nitrogens with zero attached hydrogens (tertiary/aromatic N) is 3. The second-order valence-corrected chi connectivity index (χ2v) is 7.76. The second-order valence-electron chi connectivity index (χ2n) is 7.76. The fraction of sp³-hybridized carbons (Fsp3) is 0.360.